The van der Waals surface area contributed by atoms with Crippen molar-refractivity contribution < 1.29 is 9.53 Å². The highest BCUT2D eigenvalue weighted by molar-refractivity contribution is 6.31. The highest BCUT2D eigenvalue weighted by Crippen LogP contribution is 2.32. The Labute approximate surface area is 159 Å². The van der Waals surface area contributed by atoms with E-state index in [9.17, 15) is 4.79 Å². The second kappa shape index (κ2) is 7.68. The molecule has 0 aromatic heterocycles. The van der Waals surface area contributed by atoms with Gasteiger partial charge in [-0.05, 0) is 73.7 Å². The summed E-state index contributed by atoms with van der Waals surface area (Å²) < 4.78 is 5.26. The van der Waals surface area contributed by atoms with Gasteiger partial charge in [-0.3, -0.25) is 0 Å². The van der Waals surface area contributed by atoms with Gasteiger partial charge in [0.15, 0.2) is 0 Å². The van der Waals surface area contributed by atoms with Gasteiger partial charge in [-0.2, -0.15) is 0 Å². The van der Waals surface area contributed by atoms with E-state index in [1.54, 1.807) is 0 Å². The number of benzene rings is 2. The Kier molecular flexibility index (Phi) is 5.54. The van der Waals surface area contributed by atoms with Crippen LogP contribution < -0.4 is 10.6 Å². The van der Waals surface area contributed by atoms with Gasteiger partial charge in [0.1, 0.15) is 5.60 Å². The van der Waals surface area contributed by atoms with Gasteiger partial charge >= 0.3 is 6.09 Å². The van der Waals surface area contributed by atoms with Crippen LogP contribution in [-0.4, -0.2) is 18.2 Å². The first-order chi connectivity index (χ1) is 12.3. The SMILES string of the molecule is CC(C)(C)OC(=O)NCc1ccc(-c2cc(Cl)cc3c2CCNC3)cc1. The summed E-state index contributed by atoms with van der Waals surface area (Å²) in [5.41, 5.74) is 5.51. The monoisotopic (exact) mass is 372 g/mol. The van der Waals surface area contributed by atoms with Gasteiger partial charge in [-0.15, -0.1) is 0 Å². The minimum absolute atomic E-state index is 0.405. The summed E-state index contributed by atoms with van der Waals surface area (Å²) in [7, 11) is 0. The predicted octanol–water partition coefficient (Wildman–Crippen LogP) is 4.68. The fourth-order valence-corrected chi connectivity index (χ4v) is 3.37. The third kappa shape index (κ3) is 4.77. The number of alkyl carbamates (subject to hydrolysis) is 1. The Bertz CT molecular complexity index is 795. The molecule has 0 spiro atoms. The molecule has 1 amide bonds. The average Bonchev–Trinajstić information content (AvgIpc) is 2.58. The van der Waals surface area contributed by atoms with Crippen LogP contribution >= 0.6 is 11.6 Å². The van der Waals surface area contributed by atoms with E-state index in [1.807, 2.05) is 45.0 Å². The zero-order valence-electron chi connectivity index (χ0n) is 15.5. The van der Waals surface area contributed by atoms with Crippen molar-refractivity contribution in [3.63, 3.8) is 0 Å². The van der Waals surface area contributed by atoms with E-state index < -0.39 is 11.7 Å². The fourth-order valence-electron chi connectivity index (χ4n) is 3.13. The van der Waals surface area contributed by atoms with Crippen molar-refractivity contribution in [1.29, 1.82) is 0 Å². The number of hydrogen-bond acceptors (Lipinski definition) is 3. The van der Waals surface area contributed by atoms with E-state index in [2.05, 4.69) is 22.8 Å². The van der Waals surface area contributed by atoms with Crippen molar-refractivity contribution in [2.24, 2.45) is 0 Å². The third-order valence-electron chi connectivity index (χ3n) is 4.27. The maximum absolute atomic E-state index is 11.8. The molecule has 1 heterocycles. The molecule has 1 aliphatic rings. The largest absolute Gasteiger partial charge is 0.444 e. The lowest BCUT2D eigenvalue weighted by molar-refractivity contribution is 0.0523. The lowest BCUT2D eigenvalue weighted by Gasteiger charge is -2.21. The van der Waals surface area contributed by atoms with Crippen LogP contribution in [0.25, 0.3) is 11.1 Å². The van der Waals surface area contributed by atoms with Crippen LogP contribution in [-0.2, 0) is 24.2 Å². The second-order valence-corrected chi connectivity index (χ2v) is 8.01. The molecular formula is C21H25ClN2O2. The van der Waals surface area contributed by atoms with Crippen LogP contribution in [0.3, 0.4) is 0 Å². The number of amides is 1. The quantitative estimate of drug-likeness (QED) is 0.822. The third-order valence-corrected chi connectivity index (χ3v) is 4.49. The minimum atomic E-state index is -0.492. The fraction of sp³-hybridized carbons (Fsp3) is 0.381. The minimum Gasteiger partial charge on any atom is -0.444 e. The molecule has 2 aromatic rings. The Balaban J connectivity index is 1.72. The molecule has 2 N–H and O–H groups in total. The van der Waals surface area contributed by atoms with Crippen LogP contribution in [0.4, 0.5) is 4.79 Å². The summed E-state index contributed by atoms with van der Waals surface area (Å²) in [5.74, 6) is 0. The van der Waals surface area contributed by atoms with Crippen molar-refractivity contribution in [1.82, 2.24) is 10.6 Å². The topological polar surface area (TPSA) is 50.4 Å². The molecular weight excluding hydrogens is 348 g/mol. The predicted molar refractivity (Wildman–Crippen MR) is 105 cm³/mol. The first-order valence-electron chi connectivity index (χ1n) is 8.90. The number of hydrogen-bond donors (Lipinski definition) is 2. The van der Waals surface area contributed by atoms with E-state index in [0.717, 1.165) is 35.7 Å². The van der Waals surface area contributed by atoms with Gasteiger partial charge in [0.05, 0.1) is 0 Å². The van der Waals surface area contributed by atoms with E-state index in [4.69, 9.17) is 16.3 Å². The maximum Gasteiger partial charge on any atom is 0.407 e. The standard InChI is InChI=1S/C21H25ClN2O2/c1-21(2,3)26-20(25)24-12-14-4-6-15(7-5-14)19-11-17(22)10-16-13-23-9-8-18(16)19/h4-7,10-11,23H,8-9,12-13H2,1-3H3,(H,24,25). The van der Waals surface area contributed by atoms with Gasteiger partial charge in [0.25, 0.3) is 0 Å². The zero-order valence-corrected chi connectivity index (χ0v) is 16.2. The van der Waals surface area contributed by atoms with Crippen molar-refractivity contribution >= 4 is 17.7 Å². The van der Waals surface area contributed by atoms with Crippen LogP contribution in [0.15, 0.2) is 36.4 Å². The van der Waals surface area contributed by atoms with Gasteiger partial charge < -0.3 is 15.4 Å². The zero-order chi connectivity index (χ0) is 18.7. The van der Waals surface area contributed by atoms with Gasteiger partial charge in [0, 0.05) is 18.1 Å². The van der Waals surface area contributed by atoms with E-state index >= 15 is 0 Å². The molecule has 0 radical (unpaired) electrons. The first kappa shape index (κ1) is 18.7. The number of ether oxygens (including phenoxy) is 1. The summed E-state index contributed by atoms with van der Waals surface area (Å²) in [6, 6.07) is 12.3. The van der Waals surface area contributed by atoms with Crippen LogP contribution in [0.1, 0.15) is 37.5 Å². The molecule has 26 heavy (non-hydrogen) atoms. The molecule has 0 saturated carbocycles. The highest BCUT2D eigenvalue weighted by atomic mass is 35.5. The molecule has 5 heteroatoms. The van der Waals surface area contributed by atoms with E-state index in [1.165, 1.54) is 16.7 Å². The van der Waals surface area contributed by atoms with Gasteiger partial charge in [-0.25, -0.2) is 4.79 Å². The molecule has 0 saturated heterocycles. The second-order valence-electron chi connectivity index (χ2n) is 7.57. The first-order valence-corrected chi connectivity index (χ1v) is 9.28. The van der Waals surface area contributed by atoms with E-state index in [0.29, 0.717) is 6.54 Å². The number of carbonyl (C=O) groups excluding carboxylic acids is 1. The lowest BCUT2D eigenvalue weighted by Crippen LogP contribution is -2.32. The van der Waals surface area contributed by atoms with Crippen LogP contribution in [0, 0.1) is 0 Å². The molecule has 0 unspecified atom stereocenters. The molecule has 138 valence electrons. The Hall–Kier alpha value is -2.04. The smallest absolute Gasteiger partial charge is 0.407 e. The number of halogens is 1. The van der Waals surface area contributed by atoms with Crippen molar-refractivity contribution in [2.45, 2.75) is 45.9 Å². The molecule has 0 aliphatic carbocycles. The summed E-state index contributed by atoms with van der Waals surface area (Å²) in [5, 5.41) is 6.93. The average molecular weight is 373 g/mol. The number of nitrogens with one attached hydrogen (secondary N) is 2. The van der Waals surface area contributed by atoms with Crippen LogP contribution in [0.5, 0.6) is 0 Å². The number of carbonyl (C=O) groups is 1. The van der Waals surface area contributed by atoms with Gasteiger partial charge in [-0.1, -0.05) is 35.9 Å². The molecule has 1 aliphatic heterocycles. The Morgan fingerprint density at radius 2 is 1.96 bits per heavy atom. The molecule has 0 bridgehead atoms. The lowest BCUT2D eigenvalue weighted by atomic mass is 9.91. The summed E-state index contributed by atoms with van der Waals surface area (Å²) >= 11 is 6.31. The maximum atomic E-state index is 11.8. The Morgan fingerprint density at radius 1 is 1.23 bits per heavy atom. The van der Waals surface area contributed by atoms with Crippen molar-refractivity contribution in [3.05, 3.63) is 58.1 Å². The molecule has 0 fully saturated rings. The number of fused-ring (bicyclic) bond motifs is 1. The summed E-state index contributed by atoms with van der Waals surface area (Å²) in [4.78, 5) is 11.8. The molecule has 0 atom stereocenters. The van der Waals surface area contributed by atoms with Gasteiger partial charge in [0.2, 0.25) is 0 Å². The normalized spacial score (nSPS) is 13.8. The Morgan fingerprint density at radius 3 is 2.65 bits per heavy atom. The van der Waals surface area contributed by atoms with Crippen molar-refractivity contribution in [2.75, 3.05) is 6.54 Å². The summed E-state index contributed by atoms with van der Waals surface area (Å²) in [6.07, 6.45) is 0.599. The summed E-state index contributed by atoms with van der Waals surface area (Å²) in [6.45, 7) is 7.83. The van der Waals surface area contributed by atoms with Crippen molar-refractivity contribution in [3.8, 4) is 11.1 Å². The molecule has 3 rings (SSSR count). The number of rotatable bonds is 3. The molecule has 4 nitrogen and oxygen atoms in total. The van der Waals surface area contributed by atoms with Crippen LogP contribution in [0.2, 0.25) is 5.02 Å². The highest BCUT2D eigenvalue weighted by Gasteiger charge is 2.17. The van der Waals surface area contributed by atoms with E-state index in [-0.39, 0.29) is 0 Å². The molecule has 2 aromatic carbocycles.